The molecule has 0 amide bonds. The first-order valence-electron chi connectivity index (χ1n) is 7.43. The Morgan fingerprint density at radius 1 is 1.26 bits per heavy atom. The summed E-state index contributed by atoms with van der Waals surface area (Å²) in [7, 11) is -3.56. The van der Waals surface area contributed by atoms with E-state index in [1.807, 2.05) is 12.1 Å². The molecular formula is C15H16ClN3O3S. The maximum Gasteiger partial charge on any atom is 0.246 e. The lowest BCUT2D eigenvalue weighted by atomic mass is 10.1. The van der Waals surface area contributed by atoms with Crippen molar-refractivity contribution in [2.45, 2.75) is 30.4 Å². The topological polar surface area (TPSA) is 64.4 Å². The molecule has 23 heavy (non-hydrogen) atoms. The summed E-state index contributed by atoms with van der Waals surface area (Å²) in [5.41, 5.74) is 1.95. The third-order valence-electron chi connectivity index (χ3n) is 4.36. The van der Waals surface area contributed by atoms with Crippen molar-refractivity contribution in [1.29, 1.82) is 0 Å². The minimum atomic E-state index is -3.56. The summed E-state index contributed by atoms with van der Waals surface area (Å²) in [5.74, 6) is 0. The van der Waals surface area contributed by atoms with Crippen LogP contribution in [0.25, 0.3) is 0 Å². The van der Waals surface area contributed by atoms with Gasteiger partial charge in [-0.25, -0.2) is 8.42 Å². The standard InChI is InChI=1S/C15H16ClN3O3S/c16-13-2-1-11-7-18(8-12(11)5-13)23(20,21)15-6-17-19(9-15)14-3-4-22-10-14/h1-2,5-6,9,14H,3-4,7-8,10H2. The first-order valence-corrected chi connectivity index (χ1v) is 9.25. The second-order valence-corrected chi connectivity index (χ2v) is 8.23. The van der Waals surface area contributed by atoms with Crippen LogP contribution in [0, 0.1) is 0 Å². The first kappa shape index (κ1) is 15.1. The molecule has 0 spiro atoms. The number of hydrogen-bond acceptors (Lipinski definition) is 4. The molecule has 1 saturated heterocycles. The SMILES string of the molecule is O=S(=O)(c1cnn(C2CCOC2)c1)N1Cc2ccc(Cl)cc2C1. The molecule has 8 heteroatoms. The van der Waals surface area contributed by atoms with Crippen molar-refractivity contribution in [2.75, 3.05) is 13.2 Å². The molecule has 6 nitrogen and oxygen atoms in total. The number of nitrogens with zero attached hydrogens (tertiary/aromatic N) is 3. The van der Waals surface area contributed by atoms with E-state index in [1.165, 1.54) is 10.5 Å². The molecule has 1 fully saturated rings. The average Bonchev–Trinajstić information content (AvgIpc) is 3.25. The molecule has 0 aliphatic carbocycles. The van der Waals surface area contributed by atoms with Gasteiger partial charge >= 0.3 is 0 Å². The van der Waals surface area contributed by atoms with E-state index in [1.54, 1.807) is 16.9 Å². The molecule has 0 saturated carbocycles. The number of aromatic nitrogens is 2. The predicted molar refractivity (Wildman–Crippen MR) is 84.6 cm³/mol. The second-order valence-electron chi connectivity index (χ2n) is 5.86. The summed E-state index contributed by atoms with van der Waals surface area (Å²) < 4.78 is 34.1. The van der Waals surface area contributed by atoms with Crippen molar-refractivity contribution in [3.63, 3.8) is 0 Å². The molecule has 0 N–H and O–H groups in total. The third-order valence-corrected chi connectivity index (χ3v) is 6.34. The lowest BCUT2D eigenvalue weighted by molar-refractivity contribution is 0.184. The van der Waals surface area contributed by atoms with Gasteiger partial charge < -0.3 is 4.74 Å². The Morgan fingerprint density at radius 3 is 2.87 bits per heavy atom. The van der Waals surface area contributed by atoms with Gasteiger partial charge in [0.1, 0.15) is 4.90 Å². The molecule has 4 rings (SSSR count). The van der Waals surface area contributed by atoms with Crippen LogP contribution < -0.4 is 0 Å². The van der Waals surface area contributed by atoms with E-state index in [4.69, 9.17) is 16.3 Å². The fraction of sp³-hybridized carbons (Fsp3) is 0.400. The van der Waals surface area contributed by atoms with Gasteiger partial charge in [-0.05, 0) is 29.7 Å². The molecule has 2 aliphatic heterocycles. The lowest BCUT2D eigenvalue weighted by Gasteiger charge is -2.14. The highest BCUT2D eigenvalue weighted by molar-refractivity contribution is 7.89. The minimum Gasteiger partial charge on any atom is -0.379 e. The fourth-order valence-electron chi connectivity index (χ4n) is 3.04. The van der Waals surface area contributed by atoms with Gasteiger partial charge in [0, 0.05) is 30.9 Å². The third kappa shape index (κ3) is 2.67. The number of fused-ring (bicyclic) bond motifs is 1. The predicted octanol–water partition coefficient (Wildman–Crippen LogP) is 2.20. The number of rotatable bonds is 3. The van der Waals surface area contributed by atoms with Crippen LogP contribution in [0.3, 0.4) is 0 Å². The van der Waals surface area contributed by atoms with Gasteiger partial charge in [-0.2, -0.15) is 9.40 Å². The number of ether oxygens (including phenoxy) is 1. The van der Waals surface area contributed by atoms with E-state index >= 15 is 0 Å². The maximum absolute atomic E-state index is 12.8. The average molecular weight is 354 g/mol. The molecule has 1 aromatic heterocycles. The molecule has 2 aromatic rings. The summed E-state index contributed by atoms with van der Waals surface area (Å²) in [6, 6.07) is 5.61. The zero-order chi connectivity index (χ0) is 16.0. The van der Waals surface area contributed by atoms with E-state index < -0.39 is 10.0 Å². The summed E-state index contributed by atoms with van der Waals surface area (Å²) in [5, 5.41) is 4.83. The van der Waals surface area contributed by atoms with Crippen LogP contribution in [-0.4, -0.2) is 35.7 Å². The Kier molecular flexibility index (Phi) is 3.68. The maximum atomic E-state index is 12.8. The molecule has 0 radical (unpaired) electrons. The van der Waals surface area contributed by atoms with Gasteiger partial charge in [0.25, 0.3) is 0 Å². The number of hydrogen-bond donors (Lipinski definition) is 0. The quantitative estimate of drug-likeness (QED) is 0.848. The van der Waals surface area contributed by atoms with Gasteiger partial charge in [0.15, 0.2) is 0 Å². The van der Waals surface area contributed by atoms with E-state index in [-0.39, 0.29) is 10.9 Å². The smallest absolute Gasteiger partial charge is 0.246 e. The summed E-state index contributed by atoms with van der Waals surface area (Å²) in [6.07, 6.45) is 3.88. The summed E-state index contributed by atoms with van der Waals surface area (Å²) in [6.45, 7) is 1.98. The Morgan fingerprint density at radius 2 is 2.09 bits per heavy atom. The fourth-order valence-corrected chi connectivity index (χ4v) is 4.57. The highest BCUT2D eigenvalue weighted by Crippen LogP contribution is 2.30. The molecule has 3 heterocycles. The van der Waals surface area contributed by atoms with Crippen LogP contribution in [-0.2, 0) is 27.8 Å². The normalized spacial score (nSPS) is 21.7. The molecule has 1 atom stereocenters. The molecular weight excluding hydrogens is 338 g/mol. The van der Waals surface area contributed by atoms with Crippen molar-refractivity contribution >= 4 is 21.6 Å². The van der Waals surface area contributed by atoms with E-state index in [2.05, 4.69) is 5.10 Å². The van der Waals surface area contributed by atoms with Crippen LogP contribution in [0.15, 0.2) is 35.5 Å². The van der Waals surface area contributed by atoms with Crippen molar-refractivity contribution < 1.29 is 13.2 Å². The highest BCUT2D eigenvalue weighted by Gasteiger charge is 2.32. The number of sulfonamides is 1. The van der Waals surface area contributed by atoms with E-state index in [0.29, 0.717) is 31.3 Å². The largest absolute Gasteiger partial charge is 0.379 e. The Bertz CT molecular complexity index is 843. The Hall–Kier alpha value is -1.41. The van der Waals surface area contributed by atoms with Gasteiger partial charge in [0.05, 0.1) is 18.8 Å². The molecule has 2 aliphatic rings. The van der Waals surface area contributed by atoms with Crippen molar-refractivity contribution in [2.24, 2.45) is 0 Å². The molecule has 1 unspecified atom stereocenters. The second kappa shape index (κ2) is 5.59. The van der Waals surface area contributed by atoms with Gasteiger partial charge in [-0.15, -0.1) is 0 Å². The van der Waals surface area contributed by atoms with Crippen LogP contribution in [0.5, 0.6) is 0 Å². The Labute approximate surface area is 139 Å². The number of benzene rings is 1. The zero-order valence-corrected chi connectivity index (χ0v) is 13.9. The van der Waals surface area contributed by atoms with Gasteiger partial charge in [-0.1, -0.05) is 17.7 Å². The van der Waals surface area contributed by atoms with Crippen LogP contribution in [0.2, 0.25) is 5.02 Å². The summed E-state index contributed by atoms with van der Waals surface area (Å²) in [4.78, 5) is 0.225. The van der Waals surface area contributed by atoms with Crippen LogP contribution in [0.4, 0.5) is 0 Å². The molecule has 1 aromatic carbocycles. The van der Waals surface area contributed by atoms with Gasteiger partial charge in [0.2, 0.25) is 10.0 Å². The Balaban J connectivity index is 1.59. The van der Waals surface area contributed by atoms with E-state index in [0.717, 1.165) is 17.5 Å². The zero-order valence-electron chi connectivity index (χ0n) is 12.4. The summed E-state index contributed by atoms with van der Waals surface area (Å²) >= 11 is 5.99. The van der Waals surface area contributed by atoms with Crippen molar-refractivity contribution in [3.8, 4) is 0 Å². The monoisotopic (exact) mass is 353 g/mol. The van der Waals surface area contributed by atoms with E-state index in [9.17, 15) is 8.42 Å². The molecule has 122 valence electrons. The van der Waals surface area contributed by atoms with Crippen molar-refractivity contribution in [3.05, 3.63) is 46.7 Å². The van der Waals surface area contributed by atoms with Crippen LogP contribution in [0.1, 0.15) is 23.6 Å². The number of halogens is 1. The van der Waals surface area contributed by atoms with Crippen LogP contribution >= 0.6 is 11.6 Å². The van der Waals surface area contributed by atoms with Gasteiger partial charge in [-0.3, -0.25) is 4.68 Å². The molecule has 0 bridgehead atoms. The first-order chi connectivity index (χ1) is 11.0. The minimum absolute atomic E-state index is 0.119. The lowest BCUT2D eigenvalue weighted by Crippen LogP contribution is -2.25. The highest BCUT2D eigenvalue weighted by atomic mass is 35.5. The van der Waals surface area contributed by atoms with Crippen molar-refractivity contribution in [1.82, 2.24) is 14.1 Å².